The molecule has 0 aromatic heterocycles. The van der Waals surface area contributed by atoms with Crippen LogP contribution in [-0.4, -0.2) is 15.7 Å². The Morgan fingerprint density at radius 2 is 2.00 bits per heavy atom. The van der Waals surface area contributed by atoms with Crippen molar-refractivity contribution in [1.29, 1.82) is 0 Å². The summed E-state index contributed by atoms with van der Waals surface area (Å²) in [7, 11) is -0.966. The normalized spacial score (nSPS) is 12.4. The molecule has 0 N–H and O–H groups in total. The molecule has 0 aliphatic rings. The van der Waals surface area contributed by atoms with E-state index in [4.69, 9.17) is 0 Å². The standard InChI is InChI=1S/C13H18O2S/c1-3-12(14)8-6-10-16(15)13-9-5-4-7-11(13)2/h4-5,7,9H,3,6,8,10H2,1-2H3. The smallest absolute Gasteiger partial charge is 0.132 e. The lowest BCUT2D eigenvalue weighted by atomic mass is 10.2. The zero-order valence-corrected chi connectivity index (χ0v) is 10.7. The zero-order chi connectivity index (χ0) is 12.0. The third-order valence-corrected chi connectivity index (χ3v) is 4.13. The molecule has 88 valence electrons. The highest BCUT2D eigenvalue weighted by molar-refractivity contribution is 7.85. The molecule has 0 bridgehead atoms. The average molecular weight is 238 g/mol. The van der Waals surface area contributed by atoms with Crippen molar-refractivity contribution in [2.75, 3.05) is 5.75 Å². The number of benzene rings is 1. The second kappa shape index (κ2) is 6.59. The second-order valence-corrected chi connectivity index (χ2v) is 5.35. The van der Waals surface area contributed by atoms with Crippen molar-refractivity contribution in [2.45, 2.75) is 38.0 Å². The van der Waals surface area contributed by atoms with E-state index in [1.54, 1.807) is 0 Å². The van der Waals surface area contributed by atoms with E-state index in [1.165, 1.54) is 0 Å². The van der Waals surface area contributed by atoms with Crippen molar-refractivity contribution in [3.8, 4) is 0 Å². The Bertz CT molecular complexity index is 385. The van der Waals surface area contributed by atoms with Gasteiger partial charge in [0.15, 0.2) is 0 Å². The minimum Gasteiger partial charge on any atom is -0.300 e. The third kappa shape index (κ3) is 3.89. The summed E-state index contributed by atoms with van der Waals surface area (Å²) in [6.45, 7) is 3.82. The Morgan fingerprint density at radius 3 is 2.62 bits per heavy atom. The fourth-order valence-electron chi connectivity index (χ4n) is 1.50. The van der Waals surface area contributed by atoms with Crippen LogP contribution < -0.4 is 0 Å². The fraction of sp³-hybridized carbons (Fsp3) is 0.462. The first-order valence-electron chi connectivity index (χ1n) is 5.61. The van der Waals surface area contributed by atoms with Crippen LogP contribution in [0.25, 0.3) is 0 Å². The number of hydrogen-bond donors (Lipinski definition) is 0. The van der Waals surface area contributed by atoms with Crippen LogP contribution in [0.2, 0.25) is 0 Å². The SMILES string of the molecule is CCC(=O)CCCS(=O)c1ccccc1C. The Labute approximate surface area is 99.5 Å². The molecule has 16 heavy (non-hydrogen) atoms. The van der Waals surface area contributed by atoms with Crippen LogP contribution in [0.3, 0.4) is 0 Å². The molecule has 1 unspecified atom stereocenters. The number of carbonyl (C=O) groups excluding carboxylic acids is 1. The van der Waals surface area contributed by atoms with Crippen LogP contribution in [-0.2, 0) is 15.6 Å². The van der Waals surface area contributed by atoms with Crippen LogP contribution in [0.1, 0.15) is 31.7 Å². The van der Waals surface area contributed by atoms with Crippen LogP contribution in [0.4, 0.5) is 0 Å². The first-order valence-corrected chi connectivity index (χ1v) is 6.92. The predicted molar refractivity (Wildman–Crippen MR) is 67.0 cm³/mol. The summed E-state index contributed by atoms with van der Waals surface area (Å²) in [6.07, 6.45) is 1.85. The van der Waals surface area contributed by atoms with Gasteiger partial charge in [-0.05, 0) is 25.0 Å². The summed E-state index contributed by atoms with van der Waals surface area (Å²) in [6, 6.07) is 7.70. The monoisotopic (exact) mass is 238 g/mol. The van der Waals surface area contributed by atoms with E-state index in [-0.39, 0.29) is 5.78 Å². The molecule has 0 amide bonds. The van der Waals surface area contributed by atoms with Gasteiger partial charge in [0.1, 0.15) is 5.78 Å². The molecule has 0 saturated heterocycles. The highest BCUT2D eigenvalue weighted by Crippen LogP contribution is 2.13. The molecule has 0 radical (unpaired) electrons. The van der Waals surface area contributed by atoms with Crippen LogP contribution in [0.5, 0.6) is 0 Å². The van der Waals surface area contributed by atoms with Gasteiger partial charge in [0.25, 0.3) is 0 Å². The highest BCUT2D eigenvalue weighted by atomic mass is 32.2. The molecule has 0 heterocycles. The third-order valence-electron chi connectivity index (χ3n) is 2.52. The lowest BCUT2D eigenvalue weighted by molar-refractivity contribution is -0.118. The number of Topliss-reactive ketones (excluding diaryl/α,β-unsaturated/α-hetero) is 1. The van der Waals surface area contributed by atoms with E-state index in [1.807, 2.05) is 38.1 Å². The summed E-state index contributed by atoms with van der Waals surface area (Å²) in [5.74, 6) is 0.832. The average Bonchev–Trinajstić information content (AvgIpc) is 2.29. The topological polar surface area (TPSA) is 34.1 Å². The van der Waals surface area contributed by atoms with Crippen LogP contribution in [0, 0.1) is 6.92 Å². The maximum Gasteiger partial charge on any atom is 0.132 e. The number of aryl methyl sites for hydroxylation is 1. The van der Waals surface area contributed by atoms with Crippen molar-refractivity contribution >= 4 is 16.6 Å². The van der Waals surface area contributed by atoms with Gasteiger partial charge in [-0.3, -0.25) is 9.00 Å². The fourth-order valence-corrected chi connectivity index (χ4v) is 2.78. The molecule has 1 atom stereocenters. The van der Waals surface area contributed by atoms with E-state index in [2.05, 4.69) is 0 Å². The molecule has 2 nitrogen and oxygen atoms in total. The molecule has 1 rings (SSSR count). The van der Waals surface area contributed by atoms with Gasteiger partial charge in [0.2, 0.25) is 0 Å². The number of hydrogen-bond acceptors (Lipinski definition) is 2. The molecular formula is C13H18O2S. The van der Waals surface area contributed by atoms with E-state index < -0.39 is 10.8 Å². The summed E-state index contributed by atoms with van der Waals surface area (Å²) < 4.78 is 11.9. The van der Waals surface area contributed by atoms with Crippen molar-refractivity contribution in [2.24, 2.45) is 0 Å². The van der Waals surface area contributed by atoms with Gasteiger partial charge in [-0.2, -0.15) is 0 Å². The molecule has 1 aromatic carbocycles. The second-order valence-electron chi connectivity index (χ2n) is 3.81. The minimum atomic E-state index is -0.966. The number of carbonyl (C=O) groups is 1. The van der Waals surface area contributed by atoms with E-state index in [0.717, 1.165) is 10.5 Å². The van der Waals surface area contributed by atoms with E-state index in [0.29, 0.717) is 25.0 Å². The molecule has 0 saturated carbocycles. The molecular weight excluding hydrogens is 220 g/mol. The molecule has 0 spiro atoms. The van der Waals surface area contributed by atoms with Crippen molar-refractivity contribution in [1.82, 2.24) is 0 Å². The van der Waals surface area contributed by atoms with Gasteiger partial charge in [0, 0.05) is 23.5 Å². The molecule has 1 aromatic rings. The van der Waals surface area contributed by atoms with Crippen molar-refractivity contribution in [3.63, 3.8) is 0 Å². The summed E-state index contributed by atoms with van der Waals surface area (Å²) in [5.41, 5.74) is 1.06. The maximum absolute atomic E-state index is 11.9. The van der Waals surface area contributed by atoms with Crippen LogP contribution >= 0.6 is 0 Å². The molecule has 3 heteroatoms. The Kier molecular flexibility index (Phi) is 5.39. The molecule has 0 fully saturated rings. The zero-order valence-electron chi connectivity index (χ0n) is 9.86. The summed E-state index contributed by atoms with van der Waals surface area (Å²) >= 11 is 0. The largest absolute Gasteiger partial charge is 0.300 e. The summed E-state index contributed by atoms with van der Waals surface area (Å²) in [5, 5.41) is 0. The Hall–Kier alpha value is -0.960. The molecule has 0 aliphatic carbocycles. The van der Waals surface area contributed by atoms with Gasteiger partial charge >= 0.3 is 0 Å². The van der Waals surface area contributed by atoms with Crippen LogP contribution in [0.15, 0.2) is 29.2 Å². The summed E-state index contributed by atoms with van der Waals surface area (Å²) in [4.78, 5) is 12.0. The van der Waals surface area contributed by atoms with Crippen molar-refractivity contribution in [3.05, 3.63) is 29.8 Å². The van der Waals surface area contributed by atoms with Gasteiger partial charge in [-0.1, -0.05) is 25.1 Å². The van der Waals surface area contributed by atoms with Gasteiger partial charge in [-0.15, -0.1) is 0 Å². The Morgan fingerprint density at radius 1 is 1.31 bits per heavy atom. The Balaban J connectivity index is 2.47. The number of ketones is 1. The maximum atomic E-state index is 11.9. The van der Waals surface area contributed by atoms with Gasteiger partial charge < -0.3 is 0 Å². The van der Waals surface area contributed by atoms with Gasteiger partial charge in [0.05, 0.1) is 10.8 Å². The minimum absolute atomic E-state index is 0.252. The highest BCUT2D eigenvalue weighted by Gasteiger charge is 2.07. The van der Waals surface area contributed by atoms with E-state index >= 15 is 0 Å². The first kappa shape index (κ1) is 13.1. The van der Waals surface area contributed by atoms with Crippen molar-refractivity contribution < 1.29 is 9.00 Å². The quantitative estimate of drug-likeness (QED) is 0.763. The van der Waals surface area contributed by atoms with Gasteiger partial charge in [-0.25, -0.2) is 0 Å². The lowest BCUT2D eigenvalue weighted by Gasteiger charge is -2.04. The predicted octanol–water partition coefficient (Wildman–Crippen LogP) is 2.86. The number of rotatable bonds is 6. The molecule has 0 aliphatic heterocycles. The lowest BCUT2D eigenvalue weighted by Crippen LogP contribution is -2.03. The van der Waals surface area contributed by atoms with E-state index in [9.17, 15) is 9.00 Å². The first-order chi connectivity index (χ1) is 7.65.